The first-order valence-corrected chi connectivity index (χ1v) is 5.10. The number of fused-ring (bicyclic) bond motifs is 1. The molecule has 1 heterocycles. The topological polar surface area (TPSA) is 112 Å². The average Bonchev–Trinajstić information content (AvgIpc) is 2.64. The van der Waals surface area contributed by atoms with Crippen molar-refractivity contribution in [1.82, 2.24) is 10.3 Å². The number of carboxylic acids is 1. The van der Waals surface area contributed by atoms with Gasteiger partial charge in [-0.15, -0.1) is 0 Å². The van der Waals surface area contributed by atoms with Crippen molar-refractivity contribution >= 4 is 23.0 Å². The van der Waals surface area contributed by atoms with E-state index in [0.29, 0.717) is 11.1 Å². The van der Waals surface area contributed by atoms with Gasteiger partial charge < -0.3 is 14.8 Å². The van der Waals surface area contributed by atoms with Gasteiger partial charge in [0.15, 0.2) is 11.6 Å². The van der Waals surface area contributed by atoms with Crippen LogP contribution in [0.1, 0.15) is 18.5 Å². The van der Waals surface area contributed by atoms with Gasteiger partial charge in [-0.3, -0.25) is 9.78 Å². The number of H-pyrrole nitrogens is 1. The second-order valence-electron chi connectivity index (χ2n) is 3.74. The molecule has 0 fully saturated rings. The number of nitrogens with one attached hydrogen (secondary N) is 2. The van der Waals surface area contributed by atoms with Gasteiger partial charge in [0, 0.05) is 6.92 Å². The number of oxazole rings is 1. The summed E-state index contributed by atoms with van der Waals surface area (Å²) in [5, 5.41) is 11.3. The zero-order chi connectivity index (χ0) is 13.3. The summed E-state index contributed by atoms with van der Waals surface area (Å²) < 4.78 is 4.83. The minimum Gasteiger partial charge on any atom is -0.479 e. The maximum atomic E-state index is 11.1. The lowest BCUT2D eigenvalue weighted by molar-refractivity contribution is -0.141. The molecule has 0 aliphatic rings. The van der Waals surface area contributed by atoms with Crippen LogP contribution in [0.2, 0.25) is 0 Å². The van der Waals surface area contributed by atoms with E-state index >= 15 is 0 Å². The van der Waals surface area contributed by atoms with Gasteiger partial charge in [-0.1, -0.05) is 6.07 Å². The third kappa shape index (κ3) is 2.24. The van der Waals surface area contributed by atoms with Crippen LogP contribution in [0, 0.1) is 0 Å². The van der Waals surface area contributed by atoms with E-state index in [1.165, 1.54) is 25.1 Å². The number of hydrogen-bond acceptors (Lipinski definition) is 4. The van der Waals surface area contributed by atoms with Gasteiger partial charge in [0.2, 0.25) is 5.91 Å². The smallest absolute Gasteiger partial charge is 0.417 e. The molecule has 1 aromatic heterocycles. The van der Waals surface area contributed by atoms with Crippen molar-refractivity contribution < 1.29 is 19.1 Å². The quantitative estimate of drug-likeness (QED) is 0.729. The van der Waals surface area contributed by atoms with Gasteiger partial charge in [-0.2, -0.15) is 0 Å². The lowest BCUT2D eigenvalue weighted by atomic mass is 10.1. The fourth-order valence-corrected chi connectivity index (χ4v) is 1.63. The Balaban J connectivity index is 2.46. The molecule has 18 heavy (non-hydrogen) atoms. The monoisotopic (exact) mass is 250 g/mol. The molecule has 0 aliphatic heterocycles. The molecule has 2 aromatic rings. The van der Waals surface area contributed by atoms with E-state index < -0.39 is 23.7 Å². The number of carbonyl (C=O) groups excluding carboxylic acids is 1. The second-order valence-corrected chi connectivity index (χ2v) is 3.74. The van der Waals surface area contributed by atoms with Crippen LogP contribution in [-0.2, 0) is 9.59 Å². The van der Waals surface area contributed by atoms with E-state index in [2.05, 4.69) is 10.3 Å². The van der Waals surface area contributed by atoms with Crippen LogP contribution in [0.5, 0.6) is 0 Å². The van der Waals surface area contributed by atoms with Gasteiger partial charge >= 0.3 is 11.7 Å². The SMILES string of the molecule is CC(=O)NC(C(=O)O)c1ccc2[nH]c(=O)oc2c1. The Morgan fingerprint density at radius 2 is 2.17 bits per heavy atom. The first-order chi connectivity index (χ1) is 8.47. The van der Waals surface area contributed by atoms with Gasteiger partial charge in [-0.05, 0) is 17.7 Å². The molecular weight excluding hydrogens is 240 g/mol. The summed E-state index contributed by atoms with van der Waals surface area (Å²) in [6.45, 7) is 1.23. The summed E-state index contributed by atoms with van der Waals surface area (Å²) in [4.78, 5) is 35.4. The minimum absolute atomic E-state index is 0.245. The Morgan fingerprint density at radius 1 is 1.44 bits per heavy atom. The van der Waals surface area contributed by atoms with Crippen molar-refractivity contribution in [2.24, 2.45) is 0 Å². The summed E-state index contributed by atoms with van der Waals surface area (Å²) >= 11 is 0. The number of amides is 1. The Labute approximate surface area is 100 Å². The number of aliphatic carboxylic acids is 1. The second kappa shape index (κ2) is 4.36. The van der Waals surface area contributed by atoms with Crippen LogP contribution >= 0.6 is 0 Å². The minimum atomic E-state index is -1.19. The molecule has 7 nitrogen and oxygen atoms in total. The number of carbonyl (C=O) groups is 2. The molecule has 0 saturated heterocycles. The molecule has 7 heteroatoms. The molecule has 0 bridgehead atoms. The summed E-state index contributed by atoms with van der Waals surface area (Å²) in [5.41, 5.74) is 1.04. The Hall–Kier alpha value is -2.57. The van der Waals surface area contributed by atoms with Crippen LogP contribution in [0.3, 0.4) is 0 Å². The molecule has 2 rings (SSSR count). The largest absolute Gasteiger partial charge is 0.479 e. The van der Waals surface area contributed by atoms with Crippen LogP contribution in [-0.4, -0.2) is 22.0 Å². The molecule has 1 amide bonds. The molecule has 0 spiro atoms. The van der Waals surface area contributed by atoms with Crippen molar-refractivity contribution in [3.8, 4) is 0 Å². The van der Waals surface area contributed by atoms with Crippen molar-refractivity contribution in [3.63, 3.8) is 0 Å². The van der Waals surface area contributed by atoms with E-state index in [9.17, 15) is 14.4 Å². The summed E-state index contributed by atoms with van der Waals surface area (Å²) in [5.74, 6) is -2.27. The molecular formula is C11H10N2O5. The molecule has 1 aromatic carbocycles. The van der Waals surface area contributed by atoms with Crippen molar-refractivity contribution in [2.75, 3.05) is 0 Å². The molecule has 0 radical (unpaired) electrons. The van der Waals surface area contributed by atoms with E-state index in [1.54, 1.807) is 0 Å². The van der Waals surface area contributed by atoms with Crippen molar-refractivity contribution in [1.29, 1.82) is 0 Å². The fourth-order valence-electron chi connectivity index (χ4n) is 1.63. The number of carboxylic acid groups (broad SMARTS) is 1. The number of aromatic amines is 1. The summed E-state index contributed by atoms with van der Waals surface area (Å²) in [7, 11) is 0. The third-order valence-corrected chi connectivity index (χ3v) is 2.37. The van der Waals surface area contributed by atoms with Crippen LogP contribution < -0.4 is 11.1 Å². The maximum Gasteiger partial charge on any atom is 0.417 e. The molecule has 0 aliphatic carbocycles. The first-order valence-electron chi connectivity index (χ1n) is 5.10. The number of hydrogen-bond donors (Lipinski definition) is 3. The zero-order valence-corrected chi connectivity index (χ0v) is 9.39. The van der Waals surface area contributed by atoms with E-state index in [-0.39, 0.29) is 5.58 Å². The standard InChI is InChI=1S/C11H10N2O5/c1-5(14)12-9(10(15)16)6-2-3-7-8(4-6)18-11(17)13-7/h2-4,9H,1H3,(H,12,14)(H,13,17)(H,15,16). The normalized spacial score (nSPS) is 12.3. The van der Waals surface area contributed by atoms with Crippen LogP contribution in [0.15, 0.2) is 27.4 Å². The molecule has 0 saturated carbocycles. The Bertz CT molecular complexity index is 669. The van der Waals surface area contributed by atoms with Crippen molar-refractivity contribution in [2.45, 2.75) is 13.0 Å². The van der Waals surface area contributed by atoms with E-state index in [0.717, 1.165) is 0 Å². The number of rotatable bonds is 3. The number of benzene rings is 1. The maximum absolute atomic E-state index is 11.1. The van der Waals surface area contributed by atoms with Gasteiger partial charge in [0.05, 0.1) is 5.52 Å². The van der Waals surface area contributed by atoms with Crippen LogP contribution in [0.4, 0.5) is 0 Å². The molecule has 1 unspecified atom stereocenters. The Kier molecular flexibility index (Phi) is 2.88. The highest BCUT2D eigenvalue weighted by Crippen LogP contribution is 2.18. The lowest BCUT2D eigenvalue weighted by Gasteiger charge is -2.13. The average molecular weight is 250 g/mol. The highest BCUT2D eigenvalue weighted by Gasteiger charge is 2.21. The summed E-state index contributed by atoms with van der Waals surface area (Å²) in [6.07, 6.45) is 0. The molecule has 94 valence electrons. The Morgan fingerprint density at radius 3 is 2.78 bits per heavy atom. The number of aromatic nitrogens is 1. The van der Waals surface area contributed by atoms with Crippen LogP contribution in [0.25, 0.3) is 11.1 Å². The first kappa shape index (κ1) is 11.9. The molecule has 1 atom stereocenters. The zero-order valence-electron chi connectivity index (χ0n) is 9.39. The molecule has 3 N–H and O–H groups in total. The van der Waals surface area contributed by atoms with Gasteiger partial charge in [0.1, 0.15) is 0 Å². The third-order valence-electron chi connectivity index (χ3n) is 2.37. The predicted octanol–water partition coefficient (Wildman–Crippen LogP) is 0.383. The summed E-state index contributed by atoms with van der Waals surface area (Å²) in [6, 6.07) is 3.25. The fraction of sp³-hybridized carbons (Fsp3) is 0.182. The van der Waals surface area contributed by atoms with Crippen molar-refractivity contribution in [3.05, 3.63) is 34.3 Å². The van der Waals surface area contributed by atoms with E-state index in [4.69, 9.17) is 9.52 Å². The van der Waals surface area contributed by atoms with E-state index in [1.807, 2.05) is 0 Å². The van der Waals surface area contributed by atoms with Gasteiger partial charge in [-0.25, -0.2) is 9.59 Å². The van der Waals surface area contributed by atoms with Gasteiger partial charge in [0.25, 0.3) is 0 Å². The highest BCUT2D eigenvalue weighted by molar-refractivity contribution is 5.84. The lowest BCUT2D eigenvalue weighted by Crippen LogP contribution is -2.31. The highest BCUT2D eigenvalue weighted by atomic mass is 16.4. The predicted molar refractivity (Wildman–Crippen MR) is 61.0 cm³/mol.